The summed E-state index contributed by atoms with van der Waals surface area (Å²) in [5, 5.41) is 0.588. The number of carbonyl (C=O) groups excluding carboxylic acids is 1. The van der Waals surface area contributed by atoms with Gasteiger partial charge in [-0.1, -0.05) is 23.7 Å². The van der Waals surface area contributed by atoms with E-state index in [0.717, 1.165) is 16.7 Å². The van der Waals surface area contributed by atoms with E-state index in [4.69, 9.17) is 16.3 Å². The molecule has 1 unspecified atom stereocenters. The van der Waals surface area contributed by atoms with Gasteiger partial charge in [0.1, 0.15) is 5.52 Å². The van der Waals surface area contributed by atoms with Crippen molar-refractivity contribution >= 4 is 28.7 Å². The predicted molar refractivity (Wildman–Crippen MR) is 88.4 cm³/mol. The van der Waals surface area contributed by atoms with E-state index in [0.29, 0.717) is 18.2 Å². The van der Waals surface area contributed by atoms with Crippen molar-refractivity contribution in [3.05, 3.63) is 59.5 Å². The fourth-order valence-corrected chi connectivity index (χ4v) is 2.71. The molecule has 0 radical (unpaired) electrons. The number of imidazole rings is 1. The molecule has 0 aliphatic rings. The minimum absolute atomic E-state index is 0.285. The number of carbonyl (C=O) groups is 1. The molecule has 2 aromatic heterocycles. The molecule has 0 N–H and O–H groups in total. The van der Waals surface area contributed by atoms with Gasteiger partial charge in [-0.25, -0.2) is 9.97 Å². The Morgan fingerprint density at radius 3 is 2.96 bits per heavy atom. The zero-order valence-electron chi connectivity index (χ0n) is 12.6. The highest BCUT2D eigenvalue weighted by Crippen LogP contribution is 2.24. The quantitative estimate of drug-likeness (QED) is 0.673. The number of nitrogens with zero attached hydrogens (tertiary/aromatic N) is 3. The second-order valence-electron chi connectivity index (χ2n) is 5.10. The number of esters is 1. The maximum atomic E-state index is 12.4. The molecule has 0 aliphatic heterocycles. The fraction of sp³-hybridized carbons (Fsp3) is 0.235. The summed E-state index contributed by atoms with van der Waals surface area (Å²) in [6.07, 6.45) is 3.40. The first-order chi connectivity index (χ1) is 11.2. The lowest BCUT2D eigenvalue weighted by Crippen LogP contribution is -2.21. The van der Waals surface area contributed by atoms with E-state index in [-0.39, 0.29) is 5.97 Å². The highest BCUT2D eigenvalue weighted by Gasteiger charge is 2.23. The fourth-order valence-electron chi connectivity index (χ4n) is 2.51. The molecule has 0 saturated heterocycles. The lowest BCUT2D eigenvalue weighted by atomic mass is 9.99. The summed E-state index contributed by atoms with van der Waals surface area (Å²) in [6.45, 7) is 2.52. The average molecular weight is 330 g/mol. The first-order valence-electron chi connectivity index (χ1n) is 7.37. The van der Waals surface area contributed by atoms with Crippen LogP contribution in [-0.2, 0) is 16.1 Å². The second kappa shape index (κ2) is 6.79. The van der Waals surface area contributed by atoms with E-state index in [9.17, 15) is 4.79 Å². The van der Waals surface area contributed by atoms with E-state index in [2.05, 4.69) is 9.97 Å². The highest BCUT2D eigenvalue weighted by molar-refractivity contribution is 6.30. The van der Waals surface area contributed by atoms with Crippen LogP contribution in [0.4, 0.5) is 0 Å². The molecule has 1 atom stereocenters. The average Bonchev–Trinajstić information content (AvgIpc) is 2.96. The molecular formula is C17H16ClN3O2. The standard InChI is InChI=1S/C17H16ClN3O2/c1-2-23-17(22)14(12-5-3-6-13(18)9-12)10-21-11-20-15-7-4-8-19-16(15)21/h3-9,11,14H,2,10H2,1H3. The minimum Gasteiger partial charge on any atom is -0.465 e. The van der Waals surface area contributed by atoms with Crippen LogP contribution in [0.3, 0.4) is 0 Å². The molecular weight excluding hydrogens is 314 g/mol. The largest absolute Gasteiger partial charge is 0.465 e. The number of benzene rings is 1. The van der Waals surface area contributed by atoms with Crippen LogP contribution >= 0.6 is 11.6 Å². The normalized spacial score (nSPS) is 12.3. The first kappa shape index (κ1) is 15.5. The Morgan fingerprint density at radius 2 is 2.17 bits per heavy atom. The van der Waals surface area contributed by atoms with Crippen LogP contribution in [0.1, 0.15) is 18.4 Å². The molecule has 0 aliphatic carbocycles. The smallest absolute Gasteiger partial charge is 0.315 e. The van der Waals surface area contributed by atoms with Gasteiger partial charge in [-0.3, -0.25) is 4.79 Å². The van der Waals surface area contributed by atoms with Crippen LogP contribution < -0.4 is 0 Å². The number of hydrogen-bond acceptors (Lipinski definition) is 4. The van der Waals surface area contributed by atoms with Crippen LogP contribution in [-0.4, -0.2) is 27.1 Å². The monoisotopic (exact) mass is 329 g/mol. The summed E-state index contributed by atoms with van der Waals surface area (Å²) >= 11 is 6.06. The zero-order chi connectivity index (χ0) is 16.2. The van der Waals surface area contributed by atoms with Gasteiger partial charge in [0.25, 0.3) is 0 Å². The summed E-state index contributed by atoms with van der Waals surface area (Å²) in [5.41, 5.74) is 2.35. The third-order valence-corrected chi connectivity index (χ3v) is 3.81. The van der Waals surface area contributed by atoms with Gasteiger partial charge in [0.05, 0.1) is 18.9 Å². The molecule has 3 rings (SSSR count). The maximum Gasteiger partial charge on any atom is 0.315 e. The molecule has 0 saturated carbocycles. The summed E-state index contributed by atoms with van der Waals surface area (Å²) in [5.74, 6) is -0.749. The van der Waals surface area contributed by atoms with Gasteiger partial charge in [0.15, 0.2) is 5.65 Å². The molecule has 3 aromatic rings. The van der Waals surface area contributed by atoms with E-state index >= 15 is 0 Å². The number of fused-ring (bicyclic) bond motifs is 1. The van der Waals surface area contributed by atoms with Gasteiger partial charge in [0, 0.05) is 17.8 Å². The molecule has 0 fully saturated rings. The van der Waals surface area contributed by atoms with Crippen molar-refractivity contribution in [1.29, 1.82) is 0 Å². The number of rotatable bonds is 5. The Morgan fingerprint density at radius 1 is 1.30 bits per heavy atom. The van der Waals surface area contributed by atoms with Crippen LogP contribution in [0.2, 0.25) is 5.02 Å². The van der Waals surface area contributed by atoms with Gasteiger partial charge < -0.3 is 9.30 Å². The predicted octanol–water partition coefficient (Wildman–Crippen LogP) is 3.43. The minimum atomic E-state index is -0.465. The Kier molecular flexibility index (Phi) is 4.57. The van der Waals surface area contributed by atoms with Crippen molar-refractivity contribution in [2.75, 3.05) is 6.61 Å². The summed E-state index contributed by atoms with van der Waals surface area (Å²) < 4.78 is 7.08. The summed E-state index contributed by atoms with van der Waals surface area (Å²) in [6, 6.07) is 11.0. The number of halogens is 1. The van der Waals surface area contributed by atoms with E-state index in [1.807, 2.05) is 28.8 Å². The molecule has 23 heavy (non-hydrogen) atoms. The number of ether oxygens (including phenoxy) is 1. The Hall–Kier alpha value is -2.40. The number of aromatic nitrogens is 3. The van der Waals surface area contributed by atoms with Crippen molar-refractivity contribution < 1.29 is 9.53 Å². The number of hydrogen-bond donors (Lipinski definition) is 0. The van der Waals surface area contributed by atoms with Crippen molar-refractivity contribution in [2.45, 2.75) is 19.4 Å². The second-order valence-corrected chi connectivity index (χ2v) is 5.54. The van der Waals surface area contributed by atoms with Gasteiger partial charge in [0.2, 0.25) is 0 Å². The molecule has 1 aromatic carbocycles. The van der Waals surface area contributed by atoms with Crippen LogP contribution in [0.5, 0.6) is 0 Å². The van der Waals surface area contributed by atoms with Crippen molar-refractivity contribution in [3.8, 4) is 0 Å². The van der Waals surface area contributed by atoms with Crippen molar-refractivity contribution in [3.63, 3.8) is 0 Å². The molecule has 118 valence electrons. The van der Waals surface area contributed by atoms with Gasteiger partial charge in [-0.2, -0.15) is 0 Å². The lowest BCUT2D eigenvalue weighted by molar-refractivity contribution is -0.145. The molecule has 0 bridgehead atoms. The van der Waals surface area contributed by atoms with Crippen LogP contribution in [0.25, 0.3) is 11.2 Å². The van der Waals surface area contributed by atoms with Gasteiger partial charge >= 0.3 is 5.97 Å². The maximum absolute atomic E-state index is 12.4. The molecule has 0 amide bonds. The van der Waals surface area contributed by atoms with Crippen LogP contribution in [0.15, 0.2) is 48.9 Å². The highest BCUT2D eigenvalue weighted by atomic mass is 35.5. The van der Waals surface area contributed by atoms with E-state index in [1.165, 1.54) is 0 Å². The zero-order valence-corrected chi connectivity index (χ0v) is 13.4. The van der Waals surface area contributed by atoms with Gasteiger partial charge in [-0.05, 0) is 36.8 Å². The van der Waals surface area contributed by atoms with Gasteiger partial charge in [-0.15, -0.1) is 0 Å². The van der Waals surface area contributed by atoms with Crippen molar-refractivity contribution in [1.82, 2.24) is 14.5 Å². The van der Waals surface area contributed by atoms with Crippen molar-refractivity contribution in [2.24, 2.45) is 0 Å². The molecule has 5 nitrogen and oxygen atoms in total. The third kappa shape index (κ3) is 3.35. The summed E-state index contributed by atoms with van der Waals surface area (Å²) in [7, 11) is 0. The first-order valence-corrected chi connectivity index (χ1v) is 7.74. The molecule has 6 heteroatoms. The SMILES string of the molecule is CCOC(=O)C(Cn1cnc2cccnc21)c1cccc(Cl)c1. The van der Waals surface area contributed by atoms with Crippen LogP contribution in [0, 0.1) is 0 Å². The van der Waals surface area contributed by atoms with E-state index in [1.54, 1.807) is 31.6 Å². The molecule has 2 heterocycles. The molecule has 0 spiro atoms. The summed E-state index contributed by atoms with van der Waals surface area (Å²) in [4.78, 5) is 21.0. The lowest BCUT2D eigenvalue weighted by Gasteiger charge is -2.17. The number of pyridine rings is 1. The Bertz CT molecular complexity index is 831. The topological polar surface area (TPSA) is 57.0 Å². The third-order valence-electron chi connectivity index (χ3n) is 3.58. The van der Waals surface area contributed by atoms with E-state index < -0.39 is 5.92 Å². The Balaban J connectivity index is 1.97. The Labute approximate surface area is 138 Å².